The highest BCUT2D eigenvalue weighted by molar-refractivity contribution is 5.92. The molecule has 0 spiro atoms. The molecule has 0 saturated heterocycles. The lowest BCUT2D eigenvalue weighted by atomic mass is 9.89. The van der Waals surface area contributed by atoms with E-state index in [2.05, 4.69) is 36.8 Å². The Balaban J connectivity index is 0. The second kappa shape index (κ2) is 8.51. The Kier molecular flexibility index (Phi) is 8.96. The first kappa shape index (κ1) is 23.2. The molecule has 0 radical (unpaired) electrons. The van der Waals surface area contributed by atoms with E-state index in [1.807, 2.05) is 19.1 Å². The third-order valence-corrected chi connectivity index (χ3v) is 2.85. The van der Waals surface area contributed by atoms with Gasteiger partial charge in [-0.15, -0.1) is 37.2 Å². The molecule has 0 aliphatic heterocycles. The largest absolute Gasteiger partial charge is 0.363 e. The van der Waals surface area contributed by atoms with Gasteiger partial charge in [0, 0.05) is 5.39 Å². The van der Waals surface area contributed by atoms with Gasteiger partial charge >= 0.3 is 0 Å². The predicted octanol–water partition coefficient (Wildman–Crippen LogP) is 3.89. The number of benzene rings is 1. The number of nitrogens with zero attached hydrogens (tertiary/aromatic N) is 2. The van der Waals surface area contributed by atoms with Crippen LogP contribution in [0.1, 0.15) is 42.6 Å². The number of carbonyl (C=O) groups is 1. The molecule has 1 amide bonds. The number of halogens is 3. The van der Waals surface area contributed by atoms with Gasteiger partial charge in [0.15, 0.2) is 0 Å². The number of carbonyl (C=O) groups excluding carboxylic acids is 1. The molecule has 0 aliphatic carbocycles. The minimum absolute atomic E-state index is 0. The van der Waals surface area contributed by atoms with E-state index in [4.69, 9.17) is 5.73 Å². The molecule has 124 valence electrons. The third kappa shape index (κ3) is 5.59. The van der Waals surface area contributed by atoms with E-state index >= 15 is 0 Å². The van der Waals surface area contributed by atoms with Crippen LogP contribution in [0.3, 0.4) is 0 Å². The summed E-state index contributed by atoms with van der Waals surface area (Å²) in [6, 6.07) is 5.94. The van der Waals surface area contributed by atoms with Gasteiger partial charge in [-0.05, 0) is 30.9 Å². The Morgan fingerprint density at radius 2 is 1.73 bits per heavy atom. The van der Waals surface area contributed by atoms with Gasteiger partial charge in [0.05, 0.1) is 11.2 Å². The zero-order valence-electron chi connectivity index (χ0n) is 13.0. The van der Waals surface area contributed by atoms with Crippen LogP contribution in [0.15, 0.2) is 18.2 Å². The van der Waals surface area contributed by atoms with Crippen LogP contribution in [-0.4, -0.2) is 15.9 Å². The predicted molar refractivity (Wildman–Crippen MR) is 97.7 cm³/mol. The Morgan fingerprint density at radius 1 is 1.14 bits per heavy atom. The van der Waals surface area contributed by atoms with Crippen molar-refractivity contribution in [3.63, 3.8) is 0 Å². The summed E-state index contributed by atoms with van der Waals surface area (Å²) in [7, 11) is 0. The SMILES string of the molecule is Cc1ccc2nc(C(N)=O)nc(CC(C)(C)C)c2c1.Cl.Cl.Cl. The van der Waals surface area contributed by atoms with Gasteiger partial charge in [0.25, 0.3) is 5.91 Å². The fourth-order valence-corrected chi connectivity index (χ4v) is 2.05. The average molecular weight is 367 g/mol. The van der Waals surface area contributed by atoms with Gasteiger partial charge in [0.2, 0.25) is 5.82 Å². The van der Waals surface area contributed by atoms with Gasteiger partial charge in [-0.2, -0.15) is 0 Å². The summed E-state index contributed by atoms with van der Waals surface area (Å²) >= 11 is 0. The van der Waals surface area contributed by atoms with Gasteiger partial charge in [-0.25, -0.2) is 9.97 Å². The molecule has 0 fully saturated rings. The molecule has 0 saturated carbocycles. The Hall–Kier alpha value is -1.10. The number of primary amides is 1. The fourth-order valence-electron chi connectivity index (χ4n) is 2.05. The van der Waals surface area contributed by atoms with E-state index in [0.717, 1.165) is 28.6 Å². The number of fused-ring (bicyclic) bond motifs is 1. The molecule has 0 unspecified atom stereocenters. The lowest BCUT2D eigenvalue weighted by Crippen LogP contribution is -2.18. The maximum atomic E-state index is 11.3. The summed E-state index contributed by atoms with van der Waals surface area (Å²) < 4.78 is 0. The lowest BCUT2D eigenvalue weighted by molar-refractivity contribution is 0.0990. The van der Waals surface area contributed by atoms with Crippen LogP contribution >= 0.6 is 37.2 Å². The van der Waals surface area contributed by atoms with Crippen LogP contribution in [0.5, 0.6) is 0 Å². The van der Waals surface area contributed by atoms with E-state index in [-0.39, 0.29) is 48.5 Å². The normalized spacial score (nSPS) is 10.2. The van der Waals surface area contributed by atoms with Gasteiger partial charge in [-0.3, -0.25) is 4.79 Å². The topological polar surface area (TPSA) is 68.9 Å². The first-order chi connectivity index (χ1) is 8.76. The van der Waals surface area contributed by atoms with Crippen molar-refractivity contribution in [1.29, 1.82) is 0 Å². The molecule has 1 aromatic carbocycles. The van der Waals surface area contributed by atoms with E-state index in [9.17, 15) is 4.79 Å². The molecular formula is C15H22Cl3N3O. The van der Waals surface area contributed by atoms with Crippen molar-refractivity contribution >= 4 is 54.0 Å². The Bertz CT molecular complexity index is 654. The van der Waals surface area contributed by atoms with Crippen LogP contribution in [-0.2, 0) is 6.42 Å². The standard InChI is InChI=1S/C15H19N3O.3ClH/c1-9-5-6-11-10(7-9)12(8-15(2,3)4)18-14(17-11)13(16)19;;;/h5-7H,8H2,1-4H3,(H2,16,19);3*1H. The number of amides is 1. The second-order valence-corrected chi connectivity index (χ2v) is 6.12. The van der Waals surface area contributed by atoms with Crippen molar-refractivity contribution in [3.05, 3.63) is 35.3 Å². The molecule has 1 heterocycles. The summed E-state index contributed by atoms with van der Waals surface area (Å²) in [5.41, 5.74) is 8.19. The van der Waals surface area contributed by atoms with Crippen molar-refractivity contribution in [3.8, 4) is 0 Å². The van der Waals surface area contributed by atoms with Crippen molar-refractivity contribution in [2.75, 3.05) is 0 Å². The minimum Gasteiger partial charge on any atom is -0.363 e. The van der Waals surface area contributed by atoms with Gasteiger partial charge < -0.3 is 5.73 Å². The van der Waals surface area contributed by atoms with Crippen LogP contribution in [0, 0.1) is 12.3 Å². The highest BCUT2D eigenvalue weighted by atomic mass is 35.5. The molecule has 2 N–H and O–H groups in total. The smallest absolute Gasteiger partial charge is 0.286 e. The number of hydrogen-bond donors (Lipinski definition) is 1. The van der Waals surface area contributed by atoms with E-state index in [1.54, 1.807) is 0 Å². The number of rotatable bonds is 2. The quantitative estimate of drug-likeness (QED) is 0.876. The summed E-state index contributed by atoms with van der Waals surface area (Å²) in [4.78, 5) is 19.9. The number of nitrogens with two attached hydrogens (primary N) is 1. The molecule has 0 bridgehead atoms. The summed E-state index contributed by atoms with van der Waals surface area (Å²) in [6.07, 6.45) is 0.774. The van der Waals surface area contributed by atoms with Crippen molar-refractivity contribution in [2.24, 2.45) is 11.1 Å². The highest BCUT2D eigenvalue weighted by Crippen LogP contribution is 2.25. The van der Waals surface area contributed by atoms with Gasteiger partial charge in [0.1, 0.15) is 0 Å². The van der Waals surface area contributed by atoms with Crippen LogP contribution in [0.2, 0.25) is 0 Å². The fraction of sp³-hybridized carbons (Fsp3) is 0.400. The Morgan fingerprint density at radius 3 is 2.23 bits per heavy atom. The molecule has 0 atom stereocenters. The van der Waals surface area contributed by atoms with E-state index in [0.29, 0.717) is 0 Å². The van der Waals surface area contributed by atoms with Crippen molar-refractivity contribution in [1.82, 2.24) is 9.97 Å². The van der Waals surface area contributed by atoms with E-state index in [1.165, 1.54) is 0 Å². The van der Waals surface area contributed by atoms with Gasteiger partial charge in [-0.1, -0.05) is 32.4 Å². The lowest BCUT2D eigenvalue weighted by Gasteiger charge is -2.19. The number of aromatic nitrogens is 2. The summed E-state index contributed by atoms with van der Waals surface area (Å²) in [6.45, 7) is 8.45. The molecule has 1 aromatic heterocycles. The molecule has 22 heavy (non-hydrogen) atoms. The molecule has 7 heteroatoms. The average Bonchev–Trinajstić information content (AvgIpc) is 2.27. The number of aryl methyl sites for hydroxylation is 1. The highest BCUT2D eigenvalue weighted by Gasteiger charge is 2.17. The van der Waals surface area contributed by atoms with Crippen molar-refractivity contribution in [2.45, 2.75) is 34.1 Å². The van der Waals surface area contributed by atoms with E-state index < -0.39 is 5.91 Å². The molecule has 2 aromatic rings. The Labute approximate surface area is 149 Å². The van der Waals surface area contributed by atoms with Crippen LogP contribution < -0.4 is 5.73 Å². The zero-order chi connectivity index (χ0) is 14.2. The third-order valence-electron chi connectivity index (χ3n) is 2.85. The maximum Gasteiger partial charge on any atom is 0.286 e. The molecule has 4 nitrogen and oxygen atoms in total. The summed E-state index contributed by atoms with van der Waals surface area (Å²) in [5.74, 6) is -0.492. The van der Waals surface area contributed by atoms with Crippen LogP contribution in [0.4, 0.5) is 0 Å². The monoisotopic (exact) mass is 365 g/mol. The molecule has 2 rings (SSSR count). The van der Waals surface area contributed by atoms with Crippen LogP contribution in [0.25, 0.3) is 10.9 Å². The molecule has 0 aliphatic rings. The molecular weight excluding hydrogens is 345 g/mol. The first-order valence-electron chi connectivity index (χ1n) is 6.33. The first-order valence-corrected chi connectivity index (χ1v) is 6.33. The summed E-state index contributed by atoms with van der Waals surface area (Å²) in [5, 5.41) is 1.000. The number of hydrogen-bond acceptors (Lipinski definition) is 3. The minimum atomic E-state index is -0.586. The zero-order valence-corrected chi connectivity index (χ0v) is 15.5. The maximum absolute atomic E-state index is 11.3. The van der Waals surface area contributed by atoms with Crippen molar-refractivity contribution < 1.29 is 4.79 Å². The second-order valence-electron chi connectivity index (χ2n) is 6.12.